The van der Waals surface area contributed by atoms with E-state index in [1.807, 2.05) is 5.32 Å². The molecule has 3 rings (SSSR count). The summed E-state index contributed by atoms with van der Waals surface area (Å²) in [5, 5.41) is 1.99. The fourth-order valence-corrected chi connectivity index (χ4v) is 3.19. The molecule has 0 spiro atoms. The maximum absolute atomic E-state index is 14.1. The van der Waals surface area contributed by atoms with Gasteiger partial charge in [-0.3, -0.25) is 14.5 Å². The molecule has 1 aliphatic rings. The van der Waals surface area contributed by atoms with Crippen molar-refractivity contribution in [1.82, 2.24) is 10.2 Å². The monoisotopic (exact) mass is 423 g/mol. The summed E-state index contributed by atoms with van der Waals surface area (Å²) >= 11 is 5.82. The van der Waals surface area contributed by atoms with Gasteiger partial charge in [0.25, 0.3) is 11.8 Å². The second-order valence-corrected chi connectivity index (χ2v) is 6.87. The van der Waals surface area contributed by atoms with Crippen LogP contribution >= 0.6 is 11.6 Å². The summed E-state index contributed by atoms with van der Waals surface area (Å²) in [4.78, 5) is 30.2. The first-order chi connectivity index (χ1) is 13.7. The van der Waals surface area contributed by atoms with E-state index in [0.717, 1.165) is 4.90 Å². The lowest BCUT2D eigenvalue weighted by Crippen LogP contribution is -2.63. The number of rotatable bonds is 5. The topological polar surface area (TPSA) is 61.8 Å². The molecular formula is C20H17ClF3N3O2. The molecule has 1 atom stereocenters. The summed E-state index contributed by atoms with van der Waals surface area (Å²) in [6.45, 7) is 1.76. The van der Waals surface area contributed by atoms with Crippen molar-refractivity contribution in [3.63, 3.8) is 0 Å². The molecule has 5 nitrogen and oxygen atoms in total. The van der Waals surface area contributed by atoms with Crippen molar-refractivity contribution in [2.45, 2.75) is 25.2 Å². The quantitative estimate of drug-likeness (QED) is 0.789. The molecule has 1 heterocycles. The average molecular weight is 424 g/mol. The van der Waals surface area contributed by atoms with E-state index < -0.39 is 23.7 Å². The SMILES string of the molecule is CCCN1C(=O)[C@@](NC(=O)c2cccc(Cl)c2)(C(F)(F)F)N=C1c1ccccc1. The van der Waals surface area contributed by atoms with Crippen LogP contribution < -0.4 is 5.32 Å². The van der Waals surface area contributed by atoms with Crippen molar-refractivity contribution in [3.8, 4) is 0 Å². The Kier molecular flexibility index (Phi) is 5.66. The van der Waals surface area contributed by atoms with Gasteiger partial charge in [0.2, 0.25) is 0 Å². The van der Waals surface area contributed by atoms with Crippen LogP contribution in [-0.2, 0) is 4.79 Å². The Morgan fingerprint density at radius 2 is 1.86 bits per heavy atom. The third-order valence-electron chi connectivity index (χ3n) is 4.35. The Hall–Kier alpha value is -2.87. The van der Waals surface area contributed by atoms with Crippen LogP contribution in [0.1, 0.15) is 29.3 Å². The Morgan fingerprint density at radius 1 is 1.17 bits per heavy atom. The summed E-state index contributed by atoms with van der Waals surface area (Å²) in [5.74, 6) is -2.59. The molecule has 0 radical (unpaired) electrons. The minimum atomic E-state index is -5.15. The van der Waals surface area contributed by atoms with E-state index in [9.17, 15) is 22.8 Å². The van der Waals surface area contributed by atoms with Gasteiger partial charge >= 0.3 is 11.8 Å². The molecule has 0 fully saturated rings. The molecule has 2 amide bonds. The largest absolute Gasteiger partial charge is 0.442 e. The summed E-state index contributed by atoms with van der Waals surface area (Å²) in [5.41, 5.74) is -3.18. The van der Waals surface area contributed by atoms with Gasteiger partial charge in [-0.25, -0.2) is 4.99 Å². The van der Waals surface area contributed by atoms with Crippen molar-refractivity contribution in [2.24, 2.45) is 4.99 Å². The summed E-state index contributed by atoms with van der Waals surface area (Å²) in [6.07, 6.45) is -4.74. The number of nitrogens with one attached hydrogen (secondary N) is 1. The van der Waals surface area contributed by atoms with Crippen LogP contribution in [0.25, 0.3) is 0 Å². The molecule has 2 aromatic carbocycles. The predicted octanol–water partition coefficient (Wildman–Crippen LogP) is 4.03. The fraction of sp³-hybridized carbons (Fsp3) is 0.250. The number of halogens is 4. The number of benzene rings is 2. The molecule has 0 unspecified atom stereocenters. The zero-order valence-electron chi connectivity index (χ0n) is 15.3. The molecule has 0 bridgehead atoms. The molecule has 9 heteroatoms. The van der Waals surface area contributed by atoms with Crippen LogP contribution in [0.4, 0.5) is 13.2 Å². The highest BCUT2D eigenvalue weighted by atomic mass is 35.5. The highest BCUT2D eigenvalue weighted by Gasteiger charge is 2.67. The van der Waals surface area contributed by atoms with Gasteiger partial charge in [-0.2, -0.15) is 13.2 Å². The predicted molar refractivity (Wildman–Crippen MR) is 103 cm³/mol. The number of aliphatic imine (C=N–C) groups is 1. The Balaban J connectivity index is 2.10. The number of amides is 2. The van der Waals surface area contributed by atoms with Crippen LogP contribution in [0, 0.1) is 0 Å². The Labute approximate surface area is 170 Å². The third kappa shape index (κ3) is 3.85. The van der Waals surface area contributed by atoms with E-state index in [-0.39, 0.29) is 23.0 Å². The van der Waals surface area contributed by atoms with Crippen molar-refractivity contribution >= 4 is 29.3 Å². The van der Waals surface area contributed by atoms with Crippen molar-refractivity contribution < 1.29 is 22.8 Å². The molecule has 0 aliphatic carbocycles. The first-order valence-electron chi connectivity index (χ1n) is 8.81. The zero-order valence-corrected chi connectivity index (χ0v) is 16.1. The Morgan fingerprint density at radius 3 is 2.45 bits per heavy atom. The van der Waals surface area contributed by atoms with E-state index in [1.165, 1.54) is 24.3 Å². The second-order valence-electron chi connectivity index (χ2n) is 6.43. The number of nitrogens with zero attached hydrogens (tertiary/aromatic N) is 2. The maximum atomic E-state index is 14.1. The first-order valence-corrected chi connectivity index (χ1v) is 9.19. The summed E-state index contributed by atoms with van der Waals surface area (Å²) in [7, 11) is 0. The number of amidine groups is 1. The molecule has 152 valence electrons. The average Bonchev–Trinajstić information content (AvgIpc) is 2.96. The molecule has 0 saturated carbocycles. The maximum Gasteiger partial charge on any atom is 0.442 e. The van der Waals surface area contributed by atoms with Gasteiger partial charge in [-0.1, -0.05) is 54.9 Å². The fourth-order valence-electron chi connectivity index (χ4n) is 3.00. The first kappa shape index (κ1) is 20.9. The molecule has 29 heavy (non-hydrogen) atoms. The van der Waals surface area contributed by atoms with Gasteiger partial charge in [0.15, 0.2) is 0 Å². The van der Waals surface area contributed by atoms with Crippen LogP contribution in [0.5, 0.6) is 0 Å². The molecule has 1 aliphatic heterocycles. The van der Waals surface area contributed by atoms with E-state index in [1.54, 1.807) is 37.3 Å². The molecule has 0 aromatic heterocycles. The van der Waals surface area contributed by atoms with Crippen LogP contribution in [0.3, 0.4) is 0 Å². The standard InChI is InChI=1S/C20H17ClF3N3O2/c1-2-11-27-16(13-7-4-3-5-8-13)25-19(18(27)29,20(22,23)24)26-17(28)14-9-6-10-15(21)12-14/h3-10,12H,2,11H2,1H3,(H,26,28)/t19-/m1/s1. The number of alkyl halides is 3. The van der Waals surface area contributed by atoms with Gasteiger partial charge in [-0.15, -0.1) is 0 Å². The van der Waals surface area contributed by atoms with Crippen molar-refractivity contribution in [3.05, 3.63) is 70.7 Å². The minimum Gasteiger partial charge on any atom is -0.312 e. The van der Waals surface area contributed by atoms with E-state index >= 15 is 0 Å². The summed E-state index contributed by atoms with van der Waals surface area (Å²) in [6, 6.07) is 13.5. The number of carbonyl (C=O) groups is 2. The normalized spacial score (nSPS) is 19.3. The van der Waals surface area contributed by atoms with Crippen molar-refractivity contribution in [2.75, 3.05) is 6.54 Å². The summed E-state index contributed by atoms with van der Waals surface area (Å²) < 4.78 is 42.4. The van der Waals surface area contributed by atoms with Crippen LogP contribution in [0.15, 0.2) is 59.6 Å². The number of carbonyl (C=O) groups excluding carboxylic acids is 2. The molecular weight excluding hydrogens is 407 g/mol. The second kappa shape index (κ2) is 7.87. The molecule has 2 aromatic rings. The highest BCUT2D eigenvalue weighted by Crippen LogP contribution is 2.38. The smallest absolute Gasteiger partial charge is 0.312 e. The van der Waals surface area contributed by atoms with E-state index in [2.05, 4.69) is 4.99 Å². The zero-order chi connectivity index (χ0) is 21.2. The lowest BCUT2D eigenvalue weighted by molar-refractivity contribution is -0.196. The van der Waals surface area contributed by atoms with Gasteiger partial charge in [0.05, 0.1) is 0 Å². The van der Waals surface area contributed by atoms with E-state index in [4.69, 9.17) is 11.6 Å². The molecule has 0 saturated heterocycles. The van der Waals surface area contributed by atoms with Gasteiger partial charge in [-0.05, 0) is 24.6 Å². The lowest BCUT2D eigenvalue weighted by Gasteiger charge is -2.29. The highest BCUT2D eigenvalue weighted by molar-refractivity contribution is 6.31. The van der Waals surface area contributed by atoms with Gasteiger partial charge < -0.3 is 5.32 Å². The number of hydrogen-bond acceptors (Lipinski definition) is 3. The number of hydrogen-bond donors (Lipinski definition) is 1. The third-order valence-corrected chi connectivity index (χ3v) is 4.59. The Bertz CT molecular complexity index is 963. The van der Waals surface area contributed by atoms with Gasteiger partial charge in [0, 0.05) is 22.7 Å². The lowest BCUT2D eigenvalue weighted by atomic mass is 10.1. The van der Waals surface area contributed by atoms with Gasteiger partial charge in [0.1, 0.15) is 5.84 Å². The van der Waals surface area contributed by atoms with Crippen molar-refractivity contribution in [1.29, 1.82) is 0 Å². The van der Waals surface area contributed by atoms with Crippen LogP contribution in [0.2, 0.25) is 5.02 Å². The molecule has 1 N–H and O–H groups in total. The van der Waals surface area contributed by atoms with Crippen LogP contribution in [-0.4, -0.2) is 40.9 Å². The minimum absolute atomic E-state index is 0.0252. The van der Waals surface area contributed by atoms with E-state index in [0.29, 0.717) is 12.0 Å².